The van der Waals surface area contributed by atoms with Crippen LogP contribution < -0.4 is 19.5 Å². The molecule has 2 amide bonds. The molecule has 270 valence electrons. The number of aromatic nitrogens is 4. The zero-order chi connectivity index (χ0) is 37.5. The molecule has 0 bridgehead atoms. The maximum Gasteiger partial charge on any atom is 0.255 e. The molecule has 1 aliphatic carbocycles. The quantitative estimate of drug-likeness (QED) is 0.174. The van der Waals surface area contributed by atoms with Crippen LogP contribution in [0.15, 0.2) is 97.7 Å². The predicted molar refractivity (Wildman–Crippen MR) is 203 cm³/mol. The summed E-state index contributed by atoms with van der Waals surface area (Å²) >= 11 is 0. The molecule has 6 heterocycles. The third-order valence-electron chi connectivity index (χ3n) is 10.2. The first kappa shape index (κ1) is 33.6. The topological polar surface area (TPSA) is 155 Å². The third-order valence-corrected chi connectivity index (χ3v) is 10.2. The minimum Gasteiger partial charge on any atom is -0.489 e. The highest BCUT2D eigenvalue weighted by Crippen LogP contribution is 2.34. The van der Waals surface area contributed by atoms with E-state index in [0.29, 0.717) is 72.1 Å². The van der Waals surface area contributed by atoms with Crippen molar-refractivity contribution in [3.8, 4) is 46.4 Å². The fourth-order valence-corrected chi connectivity index (χ4v) is 7.26. The Morgan fingerprint density at radius 2 is 1.76 bits per heavy atom. The van der Waals surface area contributed by atoms with E-state index in [-0.39, 0.29) is 30.6 Å². The molecule has 55 heavy (non-hydrogen) atoms. The molecule has 0 radical (unpaired) electrons. The maximum absolute atomic E-state index is 13.0. The smallest absolute Gasteiger partial charge is 0.255 e. The Labute approximate surface area is 315 Å². The van der Waals surface area contributed by atoms with Gasteiger partial charge in [0.1, 0.15) is 53.7 Å². The summed E-state index contributed by atoms with van der Waals surface area (Å²) in [7, 11) is 0. The highest BCUT2D eigenvalue weighted by Gasteiger charge is 2.38. The standard InChI is InChI=1S/C43H33N7O5/c1-25-4-11-40(41(51)48-25)50-24-29-16-31(8-10-35(29)43(50)52)53-14-2-3-30-6-7-32(22-46-30)54-33-18-34(19-33)55-42-27(20-44)15-28(21-47-42)26-5-9-36-37-23-45-13-12-38(37)49-39(36)17-26/h5-10,12-13,15-17,21-23,33-34,40,49H,1,4,11,14,18-19,24H2,(H,48,51). The van der Waals surface area contributed by atoms with Gasteiger partial charge in [0.15, 0.2) is 0 Å². The number of pyridine rings is 3. The van der Waals surface area contributed by atoms with Gasteiger partial charge in [-0.05, 0) is 78.4 Å². The number of ether oxygens (including phenoxy) is 3. The molecule has 2 aromatic carbocycles. The number of nitrogens with zero attached hydrogens (tertiary/aromatic N) is 5. The second-order valence-electron chi connectivity index (χ2n) is 13.8. The zero-order valence-electron chi connectivity index (χ0n) is 29.5. The second-order valence-corrected chi connectivity index (χ2v) is 13.8. The van der Waals surface area contributed by atoms with Crippen molar-refractivity contribution in [2.24, 2.45) is 0 Å². The average molecular weight is 728 g/mol. The molecule has 1 unspecified atom stereocenters. The molecule has 12 heteroatoms. The Morgan fingerprint density at radius 1 is 0.891 bits per heavy atom. The van der Waals surface area contributed by atoms with Gasteiger partial charge in [0.2, 0.25) is 11.8 Å². The van der Waals surface area contributed by atoms with Crippen molar-refractivity contribution in [3.05, 3.63) is 120 Å². The summed E-state index contributed by atoms with van der Waals surface area (Å²) in [6.45, 7) is 4.31. The van der Waals surface area contributed by atoms with Crippen molar-refractivity contribution >= 4 is 33.6 Å². The first-order chi connectivity index (χ1) is 26.9. The highest BCUT2D eigenvalue weighted by molar-refractivity contribution is 6.07. The summed E-state index contributed by atoms with van der Waals surface area (Å²) in [6.07, 6.45) is 9.35. The van der Waals surface area contributed by atoms with E-state index >= 15 is 0 Å². The number of nitriles is 1. The van der Waals surface area contributed by atoms with Gasteiger partial charge < -0.3 is 29.4 Å². The third kappa shape index (κ3) is 6.66. The molecule has 2 fully saturated rings. The number of H-pyrrole nitrogens is 1. The minimum atomic E-state index is -0.506. The molecule has 1 saturated heterocycles. The molecule has 2 N–H and O–H groups in total. The largest absolute Gasteiger partial charge is 0.489 e. The molecule has 6 aromatic rings. The molecular formula is C43H33N7O5. The van der Waals surface area contributed by atoms with E-state index in [1.807, 2.05) is 36.5 Å². The lowest BCUT2D eigenvalue weighted by Crippen LogP contribution is -2.49. The van der Waals surface area contributed by atoms with Crippen molar-refractivity contribution in [3.63, 3.8) is 0 Å². The molecule has 4 aromatic heterocycles. The van der Waals surface area contributed by atoms with Crippen LogP contribution in [0.1, 0.15) is 52.9 Å². The Balaban J connectivity index is 0.746. The van der Waals surface area contributed by atoms with E-state index in [2.05, 4.69) is 61.9 Å². The number of rotatable bonds is 8. The van der Waals surface area contributed by atoms with E-state index in [4.69, 9.17) is 14.2 Å². The number of hydrogen-bond donors (Lipinski definition) is 2. The van der Waals surface area contributed by atoms with Gasteiger partial charge >= 0.3 is 0 Å². The van der Waals surface area contributed by atoms with Crippen molar-refractivity contribution < 1.29 is 23.8 Å². The highest BCUT2D eigenvalue weighted by atomic mass is 16.5. The van der Waals surface area contributed by atoms with Gasteiger partial charge in [-0.1, -0.05) is 24.6 Å². The lowest BCUT2D eigenvalue weighted by molar-refractivity contribution is -0.126. The molecule has 1 saturated carbocycles. The number of nitrogens with one attached hydrogen (secondary N) is 2. The number of carbonyl (C=O) groups excluding carboxylic acids is 2. The van der Waals surface area contributed by atoms with Gasteiger partial charge in [-0.25, -0.2) is 9.97 Å². The van der Waals surface area contributed by atoms with Crippen LogP contribution in [0.3, 0.4) is 0 Å². The molecule has 0 spiro atoms. The van der Waals surface area contributed by atoms with Gasteiger partial charge in [-0.2, -0.15) is 5.26 Å². The van der Waals surface area contributed by atoms with E-state index < -0.39 is 6.04 Å². The van der Waals surface area contributed by atoms with Crippen LogP contribution in [0.2, 0.25) is 0 Å². The number of amides is 2. The summed E-state index contributed by atoms with van der Waals surface area (Å²) in [6, 6.07) is 20.6. The van der Waals surface area contributed by atoms with Crippen molar-refractivity contribution in [1.29, 1.82) is 5.26 Å². The van der Waals surface area contributed by atoms with Crippen LogP contribution in [0.4, 0.5) is 0 Å². The summed E-state index contributed by atoms with van der Waals surface area (Å²) in [5.41, 5.74) is 6.82. The van der Waals surface area contributed by atoms with E-state index in [0.717, 1.165) is 38.5 Å². The molecule has 1 atom stereocenters. The molecular weight excluding hydrogens is 695 g/mol. The van der Waals surface area contributed by atoms with E-state index in [1.165, 1.54) is 0 Å². The van der Waals surface area contributed by atoms with Gasteiger partial charge in [0.05, 0.1) is 6.20 Å². The lowest BCUT2D eigenvalue weighted by Gasteiger charge is -2.35. The van der Waals surface area contributed by atoms with Crippen LogP contribution in [0, 0.1) is 23.2 Å². The fourth-order valence-electron chi connectivity index (χ4n) is 7.26. The number of aromatic amines is 1. The maximum atomic E-state index is 13.0. The number of hydrogen-bond acceptors (Lipinski definition) is 9. The van der Waals surface area contributed by atoms with Gasteiger partial charge in [-0.15, -0.1) is 0 Å². The van der Waals surface area contributed by atoms with Crippen molar-refractivity contribution in [1.82, 2.24) is 30.2 Å². The lowest BCUT2D eigenvalue weighted by atomic mass is 9.92. The normalized spacial score (nSPS) is 18.9. The first-order valence-corrected chi connectivity index (χ1v) is 18.0. The summed E-state index contributed by atoms with van der Waals surface area (Å²) in [5, 5.41) is 14.8. The molecule has 3 aliphatic rings. The Morgan fingerprint density at radius 3 is 2.60 bits per heavy atom. The van der Waals surface area contributed by atoms with Gasteiger partial charge in [0, 0.05) is 76.6 Å². The van der Waals surface area contributed by atoms with Crippen LogP contribution >= 0.6 is 0 Å². The summed E-state index contributed by atoms with van der Waals surface area (Å²) in [4.78, 5) is 43.6. The zero-order valence-corrected chi connectivity index (χ0v) is 29.5. The number of carbonyl (C=O) groups is 2. The number of benzene rings is 2. The SMILES string of the molecule is C=C1CCC(N2Cc3cc(OCC#Cc4ccc(OC5CC(Oc6ncc(-c7ccc8c(c7)[nH]c7ccncc78)cc6C#N)C5)cn4)ccc3C2=O)C(=O)N1. The van der Waals surface area contributed by atoms with Gasteiger partial charge in [-0.3, -0.25) is 14.6 Å². The van der Waals surface area contributed by atoms with E-state index in [9.17, 15) is 14.9 Å². The number of allylic oxidation sites excluding steroid dienone is 1. The van der Waals surface area contributed by atoms with Gasteiger partial charge in [0.25, 0.3) is 5.91 Å². The van der Waals surface area contributed by atoms with Crippen LogP contribution in [-0.4, -0.2) is 61.5 Å². The molecule has 9 rings (SSSR count). The Bertz CT molecular complexity index is 2630. The predicted octanol–water partition coefficient (Wildman–Crippen LogP) is 6.21. The molecule has 12 nitrogen and oxygen atoms in total. The fraction of sp³-hybridized carbons (Fsp3) is 0.209. The monoisotopic (exact) mass is 727 g/mol. The van der Waals surface area contributed by atoms with Crippen molar-refractivity contribution in [2.45, 2.75) is 50.5 Å². The minimum absolute atomic E-state index is 0.0466. The first-order valence-electron chi connectivity index (χ1n) is 18.0. The number of piperidine rings is 1. The summed E-state index contributed by atoms with van der Waals surface area (Å²) < 4.78 is 18.0. The van der Waals surface area contributed by atoms with Crippen LogP contribution in [0.5, 0.6) is 17.4 Å². The van der Waals surface area contributed by atoms with E-state index in [1.54, 1.807) is 41.7 Å². The average Bonchev–Trinajstić information content (AvgIpc) is 3.72. The number of fused-ring (bicyclic) bond motifs is 4. The van der Waals surface area contributed by atoms with Crippen LogP contribution in [-0.2, 0) is 11.3 Å². The Hall–Kier alpha value is -7.18. The summed E-state index contributed by atoms with van der Waals surface area (Å²) in [5.74, 6) is 7.18. The Kier molecular flexibility index (Phi) is 8.56. The second kappa shape index (κ2) is 14.0. The van der Waals surface area contributed by atoms with Crippen molar-refractivity contribution in [2.75, 3.05) is 6.61 Å². The van der Waals surface area contributed by atoms with Crippen LogP contribution in [0.25, 0.3) is 32.9 Å². The molecule has 2 aliphatic heterocycles.